The summed E-state index contributed by atoms with van der Waals surface area (Å²) in [5, 5.41) is 6.98. The van der Waals surface area contributed by atoms with Crippen molar-refractivity contribution in [3.63, 3.8) is 0 Å². The monoisotopic (exact) mass is 543 g/mol. The highest BCUT2D eigenvalue weighted by atomic mass is 19.4. The minimum Gasteiger partial charge on any atom is -0.481 e. The summed E-state index contributed by atoms with van der Waals surface area (Å²) in [6.45, 7) is 4.82. The number of fused-ring (bicyclic) bond motifs is 1. The zero-order valence-corrected chi connectivity index (χ0v) is 21.0. The molecule has 1 aliphatic heterocycles. The standard InChI is InChI=1S/C24H26F5N5O4/c1-13(24(27,28)29)34-21(36)19(38-12-23(4,25)26)6-17(32-34)16-8-33(9-22(3)10-37-11-22)18-7-30-20(5-15(16)18)31-14(2)35/h5-8,13H,9-12H2,1-4H3,(H,30,31,35)/t13-/m0/s1. The van der Waals surface area contributed by atoms with Gasteiger partial charge in [0.1, 0.15) is 11.9 Å². The summed E-state index contributed by atoms with van der Waals surface area (Å²) >= 11 is 0. The van der Waals surface area contributed by atoms with Gasteiger partial charge in [-0.2, -0.15) is 18.3 Å². The highest BCUT2D eigenvalue weighted by Crippen LogP contribution is 2.36. The molecule has 1 atom stereocenters. The Bertz CT molecular complexity index is 1420. The van der Waals surface area contributed by atoms with E-state index in [0.29, 0.717) is 37.6 Å². The number of ether oxygens (including phenoxy) is 2. The molecule has 4 heterocycles. The lowest BCUT2D eigenvalue weighted by atomic mass is 9.88. The van der Waals surface area contributed by atoms with E-state index >= 15 is 0 Å². The summed E-state index contributed by atoms with van der Waals surface area (Å²) < 4.78 is 80.1. The Hall–Kier alpha value is -3.55. The third-order valence-electron chi connectivity index (χ3n) is 6.02. The Morgan fingerprint density at radius 2 is 1.95 bits per heavy atom. The second-order valence-corrected chi connectivity index (χ2v) is 9.96. The van der Waals surface area contributed by atoms with Crippen molar-refractivity contribution >= 4 is 22.6 Å². The summed E-state index contributed by atoms with van der Waals surface area (Å²) in [7, 11) is 0. The topological polar surface area (TPSA) is 100 Å². The van der Waals surface area contributed by atoms with Crippen LogP contribution < -0.4 is 15.6 Å². The van der Waals surface area contributed by atoms with Crippen LogP contribution in [0, 0.1) is 5.41 Å². The fourth-order valence-corrected chi connectivity index (χ4v) is 4.05. The first-order chi connectivity index (χ1) is 17.6. The Kier molecular flexibility index (Phi) is 6.97. The Morgan fingerprint density at radius 3 is 2.50 bits per heavy atom. The van der Waals surface area contributed by atoms with Crippen LogP contribution in [-0.2, 0) is 16.1 Å². The van der Waals surface area contributed by atoms with Crippen LogP contribution in [0.2, 0.25) is 0 Å². The molecule has 3 aromatic rings. The molecule has 1 amide bonds. The van der Waals surface area contributed by atoms with Crippen LogP contribution in [-0.4, -0.2) is 57.2 Å². The molecule has 1 aliphatic rings. The van der Waals surface area contributed by atoms with Gasteiger partial charge in [0.2, 0.25) is 5.91 Å². The molecule has 0 bridgehead atoms. The van der Waals surface area contributed by atoms with Gasteiger partial charge in [-0.3, -0.25) is 9.59 Å². The van der Waals surface area contributed by atoms with Crippen molar-refractivity contribution in [1.82, 2.24) is 19.3 Å². The number of aromatic nitrogens is 4. The number of nitrogens with one attached hydrogen (secondary N) is 1. The number of rotatable bonds is 8. The summed E-state index contributed by atoms with van der Waals surface area (Å²) in [5.74, 6) is -4.25. The first-order valence-electron chi connectivity index (χ1n) is 11.6. The maximum atomic E-state index is 13.6. The van der Waals surface area contributed by atoms with E-state index in [2.05, 4.69) is 15.4 Å². The lowest BCUT2D eigenvalue weighted by Gasteiger charge is -2.38. The van der Waals surface area contributed by atoms with Gasteiger partial charge in [0.25, 0.3) is 5.92 Å². The van der Waals surface area contributed by atoms with Gasteiger partial charge < -0.3 is 19.4 Å². The van der Waals surface area contributed by atoms with Crippen LogP contribution in [0.15, 0.2) is 29.3 Å². The van der Waals surface area contributed by atoms with E-state index < -0.39 is 36.1 Å². The second kappa shape index (κ2) is 9.64. The molecule has 14 heteroatoms. The Balaban J connectivity index is 1.93. The molecule has 1 fully saturated rings. The van der Waals surface area contributed by atoms with Crippen LogP contribution in [0.3, 0.4) is 0 Å². The number of anilines is 1. The summed E-state index contributed by atoms with van der Waals surface area (Å²) in [6, 6.07) is 0.197. The summed E-state index contributed by atoms with van der Waals surface area (Å²) in [4.78, 5) is 28.6. The van der Waals surface area contributed by atoms with Crippen molar-refractivity contribution in [2.24, 2.45) is 5.41 Å². The van der Waals surface area contributed by atoms with E-state index in [4.69, 9.17) is 9.47 Å². The van der Waals surface area contributed by atoms with E-state index in [9.17, 15) is 31.5 Å². The molecule has 3 aromatic heterocycles. The summed E-state index contributed by atoms with van der Waals surface area (Å²) in [6.07, 6.45) is -1.73. The second-order valence-electron chi connectivity index (χ2n) is 9.96. The minimum atomic E-state index is -4.85. The molecule has 0 unspecified atom stereocenters. The number of hydrogen-bond donors (Lipinski definition) is 1. The molecule has 1 N–H and O–H groups in total. The molecule has 0 aliphatic carbocycles. The molecule has 4 rings (SSSR count). The number of hydrogen-bond acceptors (Lipinski definition) is 6. The van der Waals surface area contributed by atoms with Gasteiger partial charge in [-0.1, -0.05) is 6.92 Å². The predicted octanol–water partition coefficient (Wildman–Crippen LogP) is 4.41. The molecule has 0 spiro atoms. The van der Waals surface area contributed by atoms with E-state index in [0.717, 1.165) is 13.0 Å². The van der Waals surface area contributed by atoms with Gasteiger partial charge in [0, 0.05) is 49.0 Å². The lowest BCUT2D eigenvalue weighted by molar-refractivity contribution is -0.166. The van der Waals surface area contributed by atoms with Gasteiger partial charge in [-0.05, 0) is 13.0 Å². The third-order valence-corrected chi connectivity index (χ3v) is 6.02. The largest absolute Gasteiger partial charge is 0.481 e. The van der Waals surface area contributed by atoms with E-state index in [1.807, 2.05) is 11.5 Å². The molecule has 38 heavy (non-hydrogen) atoms. The highest BCUT2D eigenvalue weighted by molar-refractivity contribution is 5.98. The molecular formula is C24H26F5N5O4. The summed E-state index contributed by atoms with van der Waals surface area (Å²) in [5.41, 5.74) is -0.764. The van der Waals surface area contributed by atoms with Crippen molar-refractivity contribution in [1.29, 1.82) is 0 Å². The van der Waals surface area contributed by atoms with Gasteiger partial charge in [0.15, 0.2) is 12.4 Å². The minimum absolute atomic E-state index is 0.117. The molecule has 1 saturated heterocycles. The number of halogens is 5. The van der Waals surface area contributed by atoms with Crippen LogP contribution in [0.25, 0.3) is 22.2 Å². The lowest BCUT2D eigenvalue weighted by Crippen LogP contribution is -2.43. The molecule has 0 radical (unpaired) electrons. The number of carbonyl (C=O) groups excluding carboxylic acids is 1. The quantitative estimate of drug-likeness (QED) is 0.423. The van der Waals surface area contributed by atoms with Crippen LogP contribution in [0.1, 0.15) is 33.7 Å². The average Bonchev–Trinajstić information content (AvgIpc) is 3.12. The van der Waals surface area contributed by atoms with Crippen molar-refractivity contribution in [3.05, 3.63) is 34.9 Å². The van der Waals surface area contributed by atoms with Crippen LogP contribution >= 0.6 is 0 Å². The molecule has 206 valence electrons. The van der Waals surface area contributed by atoms with Gasteiger partial charge in [0.05, 0.1) is 30.6 Å². The van der Waals surface area contributed by atoms with Crippen molar-refractivity contribution in [2.45, 2.75) is 52.4 Å². The van der Waals surface area contributed by atoms with Crippen molar-refractivity contribution < 1.29 is 36.2 Å². The zero-order valence-electron chi connectivity index (χ0n) is 21.0. The molecule has 9 nitrogen and oxygen atoms in total. The molecule has 0 saturated carbocycles. The number of pyridine rings is 1. The molecular weight excluding hydrogens is 517 g/mol. The van der Waals surface area contributed by atoms with Gasteiger partial charge in [-0.25, -0.2) is 18.4 Å². The van der Waals surface area contributed by atoms with Crippen LogP contribution in [0.5, 0.6) is 5.75 Å². The number of alkyl halides is 5. The predicted molar refractivity (Wildman–Crippen MR) is 127 cm³/mol. The normalized spacial score (nSPS) is 16.2. The number of nitrogens with zero attached hydrogens (tertiary/aromatic N) is 4. The average molecular weight is 543 g/mol. The zero-order chi connectivity index (χ0) is 28.0. The first-order valence-corrected chi connectivity index (χ1v) is 11.6. The highest BCUT2D eigenvalue weighted by Gasteiger charge is 2.40. The van der Waals surface area contributed by atoms with E-state index in [1.54, 1.807) is 6.20 Å². The maximum absolute atomic E-state index is 13.6. The van der Waals surface area contributed by atoms with Crippen LogP contribution in [0.4, 0.5) is 27.8 Å². The Labute approximate surface area is 213 Å². The number of carbonyl (C=O) groups is 1. The maximum Gasteiger partial charge on any atom is 0.410 e. The van der Waals surface area contributed by atoms with E-state index in [-0.39, 0.29) is 33.1 Å². The van der Waals surface area contributed by atoms with Gasteiger partial charge in [-0.15, -0.1) is 0 Å². The number of amides is 1. The van der Waals surface area contributed by atoms with Gasteiger partial charge >= 0.3 is 11.7 Å². The third kappa shape index (κ3) is 5.79. The molecule has 0 aromatic carbocycles. The smallest absolute Gasteiger partial charge is 0.410 e. The Morgan fingerprint density at radius 1 is 1.26 bits per heavy atom. The fraction of sp³-hybridized carbons (Fsp3) is 0.500. The SMILES string of the molecule is CC(=O)Nc1cc2c(-c3cc(OCC(C)(F)F)c(=O)n([C@@H](C)C(F)(F)F)n3)cn(CC3(C)COC3)c2cn1. The van der Waals surface area contributed by atoms with Crippen molar-refractivity contribution in [2.75, 3.05) is 25.1 Å². The van der Waals surface area contributed by atoms with E-state index in [1.165, 1.54) is 19.2 Å². The first kappa shape index (κ1) is 27.5. The fourth-order valence-electron chi connectivity index (χ4n) is 4.05. The van der Waals surface area contributed by atoms with Crippen molar-refractivity contribution in [3.8, 4) is 17.0 Å².